The number of rotatable bonds is 3. The van der Waals surface area contributed by atoms with Crippen LogP contribution < -0.4 is 5.32 Å². The molecule has 1 aromatic heterocycles. The number of aromatic amines is 2. The Labute approximate surface area is 81.8 Å². The van der Waals surface area contributed by atoms with Crippen LogP contribution in [0.4, 0.5) is 0 Å². The van der Waals surface area contributed by atoms with Gasteiger partial charge in [-0.25, -0.2) is 0 Å². The topological polar surface area (TPSA) is 60.7 Å². The molecule has 4 nitrogen and oxygen atoms in total. The zero-order valence-corrected chi connectivity index (χ0v) is 8.49. The first-order chi connectivity index (χ1) is 6.13. The highest BCUT2D eigenvalue weighted by atomic mass is 32.1. The Balaban J connectivity index is 2.64. The summed E-state index contributed by atoms with van der Waals surface area (Å²) in [6.07, 6.45) is 2.48. The third-order valence-electron chi connectivity index (χ3n) is 1.83. The molecule has 0 radical (unpaired) electrons. The van der Waals surface area contributed by atoms with E-state index >= 15 is 0 Å². The second-order valence-electron chi connectivity index (χ2n) is 2.94. The van der Waals surface area contributed by atoms with E-state index in [9.17, 15) is 4.79 Å². The van der Waals surface area contributed by atoms with Crippen LogP contribution >= 0.6 is 12.2 Å². The number of H-pyrrole nitrogens is 2. The highest BCUT2D eigenvalue weighted by molar-refractivity contribution is 7.71. The molecule has 1 rings (SSSR count). The first-order valence-corrected chi connectivity index (χ1v) is 4.63. The molecular weight excluding hydrogens is 186 g/mol. The predicted octanol–water partition coefficient (Wildman–Crippen LogP) is 1.60. The summed E-state index contributed by atoms with van der Waals surface area (Å²) in [6.45, 7) is 3.98. The van der Waals surface area contributed by atoms with Crippen molar-refractivity contribution in [1.82, 2.24) is 15.3 Å². The molecule has 5 heteroatoms. The van der Waals surface area contributed by atoms with Crippen molar-refractivity contribution in [2.75, 3.05) is 0 Å². The normalized spacial score (nSPS) is 12.5. The van der Waals surface area contributed by atoms with E-state index < -0.39 is 0 Å². The van der Waals surface area contributed by atoms with E-state index in [1.807, 2.05) is 13.8 Å². The maximum atomic E-state index is 11.4. The molecule has 1 heterocycles. The number of imidazole rings is 1. The third-order valence-corrected chi connectivity index (χ3v) is 2.05. The Kier molecular flexibility index (Phi) is 3.25. The van der Waals surface area contributed by atoms with Gasteiger partial charge in [0.2, 0.25) is 0 Å². The van der Waals surface area contributed by atoms with Crippen LogP contribution in [-0.2, 0) is 0 Å². The van der Waals surface area contributed by atoms with Crippen LogP contribution in [0, 0.1) is 4.77 Å². The molecule has 1 amide bonds. The van der Waals surface area contributed by atoms with Gasteiger partial charge in [-0.1, -0.05) is 6.92 Å². The standard InChI is InChI=1S/C8H13N3OS/c1-3-5(2)10-7(12)6-4-9-8(13)11-6/h4-5H,3H2,1-2H3,(H,10,12)(H2,9,11,13). The molecule has 72 valence electrons. The monoisotopic (exact) mass is 199 g/mol. The Morgan fingerprint density at radius 2 is 2.46 bits per heavy atom. The quantitative estimate of drug-likeness (QED) is 0.647. The van der Waals surface area contributed by atoms with Crippen LogP contribution in [-0.4, -0.2) is 21.9 Å². The van der Waals surface area contributed by atoms with Gasteiger partial charge in [0.15, 0.2) is 4.77 Å². The van der Waals surface area contributed by atoms with Crippen molar-refractivity contribution in [2.24, 2.45) is 0 Å². The summed E-state index contributed by atoms with van der Waals surface area (Å²) in [5.41, 5.74) is 0.477. The van der Waals surface area contributed by atoms with Gasteiger partial charge in [0.1, 0.15) is 5.69 Å². The van der Waals surface area contributed by atoms with Crippen molar-refractivity contribution in [3.8, 4) is 0 Å². The number of amides is 1. The predicted molar refractivity (Wildman–Crippen MR) is 53.2 cm³/mol. The molecule has 0 saturated carbocycles. The van der Waals surface area contributed by atoms with Gasteiger partial charge in [-0.15, -0.1) is 0 Å². The smallest absolute Gasteiger partial charge is 0.269 e. The highest BCUT2D eigenvalue weighted by Gasteiger charge is 2.08. The minimum absolute atomic E-state index is 0.123. The average molecular weight is 199 g/mol. The highest BCUT2D eigenvalue weighted by Crippen LogP contribution is 1.95. The van der Waals surface area contributed by atoms with Crippen molar-refractivity contribution in [3.63, 3.8) is 0 Å². The second kappa shape index (κ2) is 4.23. The largest absolute Gasteiger partial charge is 0.348 e. The lowest BCUT2D eigenvalue weighted by Crippen LogP contribution is -2.32. The van der Waals surface area contributed by atoms with Gasteiger partial charge in [0.05, 0.1) is 0 Å². The van der Waals surface area contributed by atoms with Crippen LogP contribution in [0.25, 0.3) is 0 Å². The second-order valence-corrected chi connectivity index (χ2v) is 3.35. The third kappa shape index (κ3) is 2.69. The van der Waals surface area contributed by atoms with Crippen molar-refractivity contribution >= 4 is 18.1 Å². The van der Waals surface area contributed by atoms with Gasteiger partial charge in [-0.3, -0.25) is 4.79 Å². The van der Waals surface area contributed by atoms with Crippen molar-refractivity contribution in [1.29, 1.82) is 0 Å². The summed E-state index contributed by atoms with van der Waals surface area (Å²) in [6, 6.07) is 0.185. The van der Waals surface area contributed by atoms with Crippen molar-refractivity contribution in [2.45, 2.75) is 26.3 Å². The zero-order valence-electron chi connectivity index (χ0n) is 7.68. The maximum absolute atomic E-state index is 11.4. The van der Waals surface area contributed by atoms with E-state index in [1.165, 1.54) is 0 Å². The molecule has 0 aliphatic carbocycles. The van der Waals surface area contributed by atoms with Gasteiger partial charge >= 0.3 is 0 Å². The molecule has 0 aliphatic rings. The van der Waals surface area contributed by atoms with Gasteiger partial charge < -0.3 is 15.3 Å². The lowest BCUT2D eigenvalue weighted by Gasteiger charge is -2.09. The van der Waals surface area contributed by atoms with E-state index in [4.69, 9.17) is 12.2 Å². The first kappa shape index (κ1) is 9.98. The number of carbonyl (C=O) groups is 1. The van der Waals surface area contributed by atoms with Gasteiger partial charge in [-0.05, 0) is 25.6 Å². The van der Waals surface area contributed by atoms with Crippen LogP contribution in [0.1, 0.15) is 30.8 Å². The lowest BCUT2D eigenvalue weighted by molar-refractivity contribution is 0.0934. The van der Waals surface area contributed by atoms with E-state index in [1.54, 1.807) is 6.20 Å². The van der Waals surface area contributed by atoms with Crippen LogP contribution in [0.2, 0.25) is 0 Å². The summed E-state index contributed by atoms with van der Waals surface area (Å²) in [5, 5.41) is 2.82. The van der Waals surface area contributed by atoms with E-state index in [-0.39, 0.29) is 11.9 Å². The summed E-state index contributed by atoms with van der Waals surface area (Å²) < 4.78 is 0.467. The molecule has 0 spiro atoms. The lowest BCUT2D eigenvalue weighted by atomic mass is 10.2. The van der Waals surface area contributed by atoms with E-state index in [2.05, 4.69) is 15.3 Å². The molecule has 0 aliphatic heterocycles. The fraction of sp³-hybridized carbons (Fsp3) is 0.500. The Morgan fingerprint density at radius 1 is 1.77 bits per heavy atom. The minimum atomic E-state index is -0.123. The number of hydrogen-bond donors (Lipinski definition) is 3. The number of hydrogen-bond acceptors (Lipinski definition) is 2. The molecule has 0 fully saturated rings. The Hall–Kier alpha value is -1.10. The molecular formula is C8H13N3OS. The van der Waals surface area contributed by atoms with Crippen molar-refractivity contribution in [3.05, 3.63) is 16.7 Å². The van der Waals surface area contributed by atoms with Crippen LogP contribution in [0.5, 0.6) is 0 Å². The number of carbonyl (C=O) groups excluding carboxylic acids is 1. The summed E-state index contributed by atoms with van der Waals surface area (Å²) in [5.74, 6) is -0.123. The molecule has 3 N–H and O–H groups in total. The fourth-order valence-electron chi connectivity index (χ4n) is 0.858. The Morgan fingerprint density at radius 3 is 2.92 bits per heavy atom. The van der Waals surface area contributed by atoms with Gasteiger partial charge in [-0.2, -0.15) is 0 Å². The minimum Gasteiger partial charge on any atom is -0.348 e. The molecule has 1 unspecified atom stereocenters. The maximum Gasteiger partial charge on any atom is 0.269 e. The number of aromatic nitrogens is 2. The molecule has 0 aromatic carbocycles. The Bertz CT molecular complexity index is 341. The SMILES string of the molecule is CCC(C)NC(=O)c1c[nH]c(=S)[nH]1. The zero-order chi connectivity index (χ0) is 9.84. The fourth-order valence-corrected chi connectivity index (χ4v) is 1.03. The summed E-state index contributed by atoms with van der Waals surface area (Å²) >= 11 is 4.80. The molecule has 1 atom stereocenters. The van der Waals surface area contributed by atoms with Crippen LogP contribution in [0.15, 0.2) is 6.20 Å². The first-order valence-electron chi connectivity index (χ1n) is 4.22. The van der Waals surface area contributed by atoms with E-state index in [0.717, 1.165) is 6.42 Å². The average Bonchev–Trinajstić information content (AvgIpc) is 2.51. The number of nitrogens with one attached hydrogen (secondary N) is 3. The molecule has 0 saturated heterocycles. The van der Waals surface area contributed by atoms with Crippen LogP contribution in [0.3, 0.4) is 0 Å². The summed E-state index contributed by atoms with van der Waals surface area (Å²) in [7, 11) is 0. The molecule has 13 heavy (non-hydrogen) atoms. The van der Waals surface area contributed by atoms with Gasteiger partial charge in [0.25, 0.3) is 5.91 Å². The van der Waals surface area contributed by atoms with E-state index in [0.29, 0.717) is 10.5 Å². The van der Waals surface area contributed by atoms with Crippen molar-refractivity contribution < 1.29 is 4.79 Å². The summed E-state index contributed by atoms with van der Waals surface area (Å²) in [4.78, 5) is 16.9. The molecule has 0 bridgehead atoms. The van der Waals surface area contributed by atoms with Gasteiger partial charge in [0, 0.05) is 12.2 Å². The molecule has 1 aromatic rings.